The van der Waals surface area contributed by atoms with Gasteiger partial charge in [0, 0.05) is 59.4 Å². The lowest BCUT2D eigenvalue weighted by Gasteiger charge is -2.43. The minimum atomic E-state index is -0.788. The second-order valence-corrected chi connectivity index (χ2v) is 15.2. The van der Waals surface area contributed by atoms with Crippen molar-refractivity contribution in [1.29, 1.82) is 0 Å². The van der Waals surface area contributed by atoms with Crippen molar-refractivity contribution in [3.63, 3.8) is 0 Å². The molecule has 2 amide bonds. The molecule has 2 aliphatic heterocycles. The van der Waals surface area contributed by atoms with E-state index < -0.39 is 12.1 Å². The molecule has 58 heavy (non-hydrogen) atoms. The predicted octanol–water partition coefficient (Wildman–Crippen LogP) is 7.79. The van der Waals surface area contributed by atoms with Crippen molar-refractivity contribution in [2.24, 2.45) is 0 Å². The number of piperazine rings is 1. The molecule has 290 valence electrons. The Morgan fingerprint density at radius 2 is 1.00 bits per heavy atom. The first kappa shape index (κ1) is 37.3. The van der Waals surface area contributed by atoms with Crippen LogP contribution in [-0.2, 0) is 9.59 Å². The monoisotopic (exact) mass is 787 g/mol. The Labute approximate surface area is 341 Å². The highest BCUT2D eigenvalue weighted by atomic mass is 35.5. The van der Waals surface area contributed by atoms with Crippen LogP contribution in [0, 0.1) is 0 Å². The molecule has 2 aliphatic rings. The molecule has 11 nitrogen and oxygen atoms in total. The van der Waals surface area contributed by atoms with Crippen LogP contribution in [0.25, 0.3) is 44.6 Å². The van der Waals surface area contributed by atoms with Gasteiger partial charge in [-0.15, -0.1) is 0 Å². The topological polar surface area (TPSA) is 119 Å². The first-order chi connectivity index (χ1) is 28.4. The molecule has 0 spiro atoms. The third-order valence-corrected chi connectivity index (χ3v) is 11.3. The Kier molecular flexibility index (Phi) is 10.7. The van der Waals surface area contributed by atoms with E-state index in [9.17, 15) is 9.59 Å². The number of halogens is 1. The molecule has 2 saturated heterocycles. The van der Waals surface area contributed by atoms with Crippen LogP contribution >= 0.6 is 11.6 Å². The summed E-state index contributed by atoms with van der Waals surface area (Å²) in [6.45, 7) is 3.97. The minimum absolute atomic E-state index is 0.232. The molecule has 12 heteroatoms. The van der Waals surface area contributed by atoms with E-state index in [1.807, 2.05) is 121 Å². The van der Waals surface area contributed by atoms with Gasteiger partial charge in [-0.1, -0.05) is 60.1 Å². The molecule has 2 N–H and O–H groups in total. The normalized spacial score (nSPS) is 16.0. The number of amides is 2. The first-order valence-electron chi connectivity index (χ1n) is 19.7. The highest BCUT2D eigenvalue weighted by Crippen LogP contribution is 2.28. The molecule has 4 heterocycles. The lowest BCUT2D eigenvalue weighted by atomic mass is 10.0. The number of anilines is 3. The van der Waals surface area contributed by atoms with Crippen LogP contribution in [0.4, 0.5) is 17.1 Å². The van der Waals surface area contributed by atoms with E-state index >= 15 is 0 Å². The first-order valence-corrected chi connectivity index (χ1v) is 20.1. The number of nitrogens with zero attached hydrogens (tertiary/aromatic N) is 7. The van der Waals surface area contributed by atoms with Gasteiger partial charge in [-0.25, -0.2) is 9.97 Å². The van der Waals surface area contributed by atoms with Crippen molar-refractivity contribution < 1.29 is 9.59 Å². The van der Waals surface area contributed by atoms with E-state index in [0.717, 1.165) is 64.8 Å². The van der Waals surface area contributed by atoms with Gasteiger partial charge in [0.1, 0.15) is 12.1 Å². The summed E-state index contributed by atoms with van der Waals surface area (Å²) < 4.78 is 0. The fourth-order valence-electron chi connectivity index (χ4n) is 8.09. The summed E-state index contributed by atoms with van der Waals surface area (Å²) in [7, 11) is 0. The Balaban J connectivity index is 1.02. The van der Waals surface area contributed by atoms with Crippen LogP contribution < -0.4 is 15.5 Å². The molecule has 0 bridgehead atoms. The van der Waals surface area contributed by atoms with E-state index in [4.69, 9.17) is 21.6 Å². The summed E-state index contributed by atoms with van der Waals surface area (Å²) in [5.41, 5.74) is 8.60. The molecule has 2 unspecified atom stereocenters. The van der Waals surface area contributed by atoms with Crippen molar-refractivity contribution in [2.45, 2.75) is 24.9 Å². The summed E-state index contributed by atoms with van der Waals surface area (Å²) in [4.78, 5) is 55.2. The average Bonchev–Trinajstić information content (AvgIpc) is 3.80. The zero-order chi connectivity index (χ0) is 39.4. The largest absolute Gasteiger partial charge is 0.369 e. The predicted molar refractivity (Wildman–Crippen MR) is 231 cm³/mol. The Bertz CT molecular complexity index is 2590. The maximum atomic E-state index is 14.9. The van der Waals surface area contributed by atoms with Crippen molar-refractivity contribution in [1.82, 2.24) is 29.7 Å². The Hall–Kier alpha value is -6.27. The van der Waals surface area contributed by atoms with Gasteiger partial charge < -0.3 is 15.5 Å². The molecule has 0 saturated carbocycles. The van der Waals surface area contributed by atoms with Crippen molar-refractivity contribution in [3.8, 4) is 22.5 Å². The van der Waals surface area contributed by atoms with Gasteiger partial charge in [-0.3, -0.25) is 29.4 Å². The smallest absolute Gasteiger partial charge is 0.243 e. The fraction of sp³-hybridized carbons (Fsp3) is 0.217. The number of fused-ring (bicyclic) bond motifs is 2. The van der Waals surface area contributed by atoms with E-state index in [1.54, 1.807) is 12.4 Å². The number of carbonyl (C=O) groups is 2. The maximum Gasteiger partial charge on any atom is 0.243 e. The van der Waals surface area contributed by atoms with Crippen LogP contribution in [0.15, 0.2) is 134 Å². The highest BCUT2D eigenvalue weighted by molar-refractivity contribution is 6.30. The van der Waals surface area contributed by atoms with Gasteiger partial charge in [0.15, 0.2) is 0 Å². The number of rotatable bonds is 10. The average molecular weight is 788 g/mol. The summed E-state index contributed by atoms with van der Waals surface area (Å²) in [5.74, 6) is -0.474. The van der Waals surface area contributed by atoms with Gasteiger partial charge in [0.2, 0.25) is 11.8 Å². The molecular weight excluding hydrogens is 746 g/mol. The van der Waals surface area contributed by atoms with Gasteiger partial charge in [-0.2, -0.15) is 0 Å². The van der Waals surface area contributed by atoms with Gasteiger partial charge >= 0.3 is 0 Å². The lowest BCUT2D eigenvalue weighted by Crippen LogP contribution is -2.64. The summed E-state index contributed by atoms with van der Waals surface area (Å²) in [6, 6.07) is 37.1. The third-order valence-electron chi connectivity index (χ3n) is 11.0. The molecule has 7 aromatic rings. The van der Waals surface area contributed by atoms with E-state index in [2.05, 4.69) is 35.3 Å². The SMILES string of the molecule is O=C(Nc1cccc(-c2cnc3ccccc3n2)c1)C(C(C(=O)Nc1cccc(-c2cnc3ccccc3n2)c1)N1CCN(c2ccc(Cl)cc2)CC1)N1CCCC1. The molecular formula is C46H42ClN9O2. The van der Waals surface area contributed by atoms with E-state index in [0.29, 0.717) is 54.0 Å². The van der Waals surface area contributed by atoms with Crippen LogP contribution in [-0.4, -0.2) is 92.9 Å². The second kappa shape index (κ2) is 16.7. The molecule has 2 fully saturated rings. The highest BCUT2D eigenvalue weighted by Gasteiger charge is 2.43. The van der Waals surface area contributed by atoms with E-state index in [1.165, 1.54) is 0 Å². The minimum Gasteiger partial charge on any atom is -0.369 e. The van der Waals surface area contributed by atoms with Crippen molar-refractivity contribution >= 4 is 62.5 Å². The van der Waals surface area contributed by atoms with Gasteiger partial charge in [-0.05, 0) is 98.7 Å². The summed E-state index contributed by atoms with van der Waals surface area (Å²) >= 11 is 6.20. The number of hydrogen-bond acceptors (Lipinski definition) is 9. The molecule has 2 aromatic heterocycles. The van der Waals surface area contributed by atoms with Crippen LogP contribution in [0.2, 0.25) is 5.02 Å². The second-order valence-electron chi connectivity index (χ2n) is 14.8. The molecule has 5 aromatic carbocycles. The number of likely N-dealkylation sites (tertiary alicyclic amines) is 1. The Morgan fingerprint density at radius 3 is 1.50 bits per heavy atom. The number of carbonyl (C=O) groups excluding carboxylic acids is 2. The molecule has 9 rings (SSSR count). The zero-order valence-electron chi connectivity index (χ0n) is 31.8. The van der Waals surface area contributed by atoms with Gasteiger partial charge in [0.25, 0.3) is 0 Å². The van der Waals surface area contributed by atoms with Crippen molar-refractivity contribution in [3.05, 3.63) is 139 Å². The van der Waals surface area contributed by atoms with Crippen LogP contribution in [0.3, 0.4) is 0 Å². The molecule has 0 aliphatic carbocycles. The number of para-hydroxylation sites is 4. The fourth-order valence-corrected chi connectivity index (χ4v) is 8.21. The summed E-state index contributed by atoms with van der Waals surface area (Å²) in [5, 5.41) is 7.13. The Morgan fingerprint density at radius 1 is 0.534 bits per heavy atom. The van der Waals surface area contributed by atoms with E-state index in [-0.39, 0.29) is 11.8 Å². The summed E-state index contributed by atoms with van der Waals surface area (Å²) in [6.07, 6.45) is 5.41. The number of nitrogens with one attached hydrogen (secondary N) is 2. The number of benzene rings is 5. The molecule has 0 radical (unpaired) electrons. The number of aromatic nitrogens is 4. The molecule has 2 atom stereocenters. The van der Waals surface area contributed by atoms with Crippen molar-refractivity contribution in [2.75, 3.05) is 54.8 Å². The third kappa shape index (κ3) is 8.10. The maximum absolute atomic E-state index is 14.9. The van der Waals surface area contributed by atoms with Crippen LogP contribution in [0.1, 0.15) is 12.8 Å². The standard InChI is InChI=1S/C46H42ClN9O2/c47-33-17-19-36(20-18-33)54-23-25-56(26-24-54)44(46(58)51-35-12-8-10-32(28-35)42-30-49-38-14-2-4-16-40(38)53-42)43(55-21-5-6-22-55)45(57)50-34-11-7-9-31(27-34)41-29-48-37-13-1-3-15-39(37)52-41/h1-4,7-20,27-30,43-44H,5-6,21-26H2,(H,50,57)(H,51,58). The zero-order valence-corrected chi connectivity index (χ0v) is 32.6. The van der Waals surface area contributed by atoms with Crippen LogP contribution in [0.5, 0.6) is 0 Å². The van der Waals surface area contributed by atoms with Gasteiger partial charge in [0.05, 0.1) is 45.8 Å². The number of hydrogen-bond donors (Lipinski definition) is 2. The quantitative estimate of drug-likeness (QED) is 0.143. The lowest BCUT2D eigenvalue weighted by molar-refractivity contribution is -0.132.